The van der Waals surface area contributed by atoms with Gasteiger partial charge in [-0.2, -0.15) is 0 Å². The Bertz CT molecular complexity index is 289. The zero-order chi connectivity index (χ0) is 14.2. The summed E-state index contributed by atoms with van der Waals surface area (Å²) in [6.07, 6.45) is 8.03. The lowest BCUT2D eigenvalue weighted by Crippen LogP contribution is -2.43. The number of hydrogen-bond acceptors (Lipinski definition) is 2. The highest BCUT2D eigenvalue weighted by Gasteiger charge is 2.17. The third kappa shape index (κ3) is 5.31. The van der Waals surface area contributed by atoms with Gasteiger partial charge in [-0.15, -0.1) is 0 Å². The fourth-order valence-corrected chi connectivity index (χ4v) is 3.17. The molecule has 0 unspecified atom stereocenters. The van der Waals surface area contributed by atoms with E-state index in [4.69, 9.17) is 4.99 Å². The highest BCUT2D eigenvalue weighted by atomic mass is 15.2. The number of likely N-dealkylation sites (tertiary alicyclic amines) is 1. The van der Waals surface area contributed by atoms with Gasteiger partial charge >= 0.3 is 0 Å². The zero-order valence-electron chi connectivity index (χ0n) is 13.3. The highest BCUT2D eigenvalue weighted by molar-refractivity contribution is 5.80. The summed E-state index contributed by atoms with van der Waals surface area (Å²) in [7, 11) is 0. The van der Waals surface area contributed by atoms with Crippen LogP contribution in [0.2, 0.25) is 0 Å². The molecule has 20 heavy (non-hydrogen) atoms. The van der Waals surface area contributed by atoms with Gasteiger partial charge in [0.2, 0.25) is 0 Å². The van der Waals surface area contributed by atoms with Crippen LogP contribution in [-0.2, 0) is 0 Å². The Kier molecular flexibility index (Phi) is 6.64. The Labute approximate surface area is 124 Å². The average Bonchev–Trinajstić information content (AvgIpc) is 2.94. The van der Waals surface area contributed by atoms with E-state index in [-0.39, 0.29) is 0 Å². The fraction of sp³-hybridized carbons (Fsp3) is 0.938. The minimum absolute atomic E-state index is 0.642. The molecule has 2 fully saturated rings. The second kappa shape index (κ2) is 8.50. The first-order valence-corrected chi connectivity index (χ1v) is 8.55. The highest BCUT2D eigenvalue weighted by Crippen LogP contribution is 2.17. The molecule has 116 valence electrons. The maximum Gasteiger partial charge on any atom is 0.191 e. The first-order chi connectivity index (χ1) is 9.78. The van der Waals surface area contributed by atoms with E-state index in [9.17, 15) is 0 Å². The van der Waals surface area contributed by atoms with Crippen LogP contribution in [0, 0.1) is 5.92 Å². The number of aliphatic imine (C=N–C) groups is 1. The van der Waals surface area contributed by atoms with Crippen LogP contribution in [0.15, 0.2) is 4.99 Å². The van der Waals surface area contributed by atoms with Crippen molar-refractivity contribution in [3.05, 3.63) is 0 Å². The lowest BCUT2D eigenvalue weighted by atomic mass is 9.99. The summed E-state index contributed by atoms with van der Waals surface area (Å²) in [5.41, 5.74) is 0. The molecule has 0 amide bonds. The third-order valence-electron chi connectivity index (χ3n) is 4.60. The molecule has 1 heterocycles. The number of hydrogen-bond donors (Lipinski definition) is 2. The van der Waals surface area contributed by atoms with E-state index < -0.39 is 0 Å². The van der Waals surface area contributed by atoms with Gasteiger partial charge in [0.1, 0.15) is 0 Å². The van der Waals surface area contributed by atoms with E-state index >= 15 is 0 Å². The Balaban J connectivity index is 1.70. The summed E-state index contributed by atoms with van der Waals surface area (Å²) < 4.78 is 0. The fourth-order valence-electron chi connectivity index (χ4n) is 3.17. The molecular formula is C16H32N4. The average molecular weight is 280 g/mol. The Hall–Kier alpha value is -0.770. The summed E-state index contributed by atoms with van der Waals surface area (Å²) in [5, 5.41) is 6.96. The van der Waals surface area contributed by atoms with E-state index in [1.165, 1.54) is 51.6 Å². The van der Waals surface area contributed by atoms with Crippen molar-refractivity contribution in [2.75, 3.05) is 32.7 Å². The number of piperidine rings is 1. The van der Waals surface area contributed by atoms with E-state index in [2.05, 4.69) is 29.4 Å². The van der Waals surface area contributed by atoms with E-state index in [0.717, 1.165) is 31.5 Å². The molecule has 0 radical (unpaired) electrons. The van der Waals surface area contributed by atoms with Crippen molar-refractivity contribution in [1.82, 2.24) is 15.5 Å². The largest absolute Gasteiger partial charge is 0.357 e. The summed E-state index contributed by atoms with van der Waals surface area (Å²) >= 11 is 0. The molecule has 2 rings (SSSR count). The standard InChI is InChI=1S/C16H32N4/c1-3-17-16(19-15-6-4-5-7-15)18-10-13-20-11-8-14(2)9-12-20/h14-15H,3-13H2,1-2H3,(H2,17,18,19). The first kappa shape index (κ1) is 15.6. The van der Waals surface area contributed by atoms with Crippen molar-refractivity contribution < 1.29 is 0 Å². The van der Waals surface area contributed by atoms with Crippen molar-refractivity contribution in [1.29, 1.82) is 0 Å². The van der Waals surface area contributed by atoms with Gasteiger partial charge in [-0.3, -0.25) is 4.99 Å². The van der Waals surface area contributed by atoms with Crippen molar-refractivity contribution in [3.63, 3.8) is 0 Å². The molecule has 0 aromatic heterocycles. The van der Waals surface area contributed by atoms with Crippen LogP contribution >= 0.6 is 0 Å². The molecular weight excluding hydrogens is 248 g/mol. The predicted octanol–water partition coefficient (Wildman–Crippen LogP) is 2.22. The van der Waals surface area contributed by atoms with E-state index in [1.807, 2.05) is 0 Å². The Morgan fingerprint density at radius 2 is 1.85 bits per heavy atom. The Morgan fingerprint density at radius 3 is 2.50 bits per heavy atom. The van der Waals surface area contributed by atoms with Crippen LogP contribution in [0.1, 0.15) is 52.4 Å². The molecule has 2 aliphatic rings. The van der Waals surface area contributed by atoms with Crippen molar-refractivity contribution in [2.45, 2.75) is 58.4 Å². The molecule has 1 aliphatic heterocycles. The maximum absolute atomic E-state index is 4.74. The topological polar surface area (TPSA) is 39.7 Å². The molecule has 1 saturated carbocycles. The SMILES string of the molecule is CCNC(=NCCN1CCC(C)CC1)NC1CCCC1. The van der Waals surface area contributed by atoms with Gasteiger partial charge in [0.25, 0.3) is 0 Å². The molecule has 0 atom stereocenters. The van der Waals surface area contributed by atoms with Crippen molar-refractivity contribution >= 4 is 5.96 Å². The summed E-state index contributed by atoms with van der Waals surface area (Å²) in [6.45, 7) is 9.97. The molecule has 4 nitrogen and oxygen atoms in total. The number of nitrogens with one attached hydrogen (secondary N) is 2. The minimum atomic E-state index is 0.642. The van der Waals surface area contributed by atoms with Crippen LogP contribution in [-0.4, -0.2) is 49.6 Å². The van der Waals surface area contributed by atoms with Crippen LogP contribution in [0.5, 0.6) is 0 Å². The van der Waals surface area contributed by atoms with Gasteiger partial charge in [0, 0.05) is 19.1 Å². The molecule has 0 aromatic carbocycles. The maximum atomic E-state index is 4.74. The summed E-state index contributed by atoms with van der Waals surface area (Å²) in [6, 6.07) is 0.642. The molecule has 1 saturated heterocycles. The number of guanidine groups is 1. The van der Waals surface area contributed by atoms with Gasteiger partial charge in [-0.25, -0.2) is 0 Å². The van der Waals surface area contributed by atoms with Gasteiger partial charge < -0.3 is 15.5 Å². The van der Waals surface area contributed by atoms with Gasteiger partial charge in [-0.05, 0) is 51.6 Å². The van der Waals surface area contributed by atoms with Crippen LogP contribution in [0.4, 0.5) is 0 Å². The molecule has 4 heteroatoms. The normalized spacial score (nSPS) is 23.2. The smallest absolute Gasteiger partial charge is 0.191 e. The lowest BCUT2D eigenvalue weighted by molar-refractivity contribution is 0.197. The zero-order valence-corrected chi connectivity index (χ0v) is 13.3. The van der Waals surface area contributed by atoms with Crippen molar-refractivity contribution in [3.8, 4) is 0 Å². The van der Waals surface area contributed by atoms with Crippen LogP contribution in [0.3, 0.4) is 0 Å². The molecule has 2 N–H and O–H groups in total. The number of nitrogens with zero attached hydrogens (tertiary/aromatic N) is 2. The second-order valence-electron chi connectivity index (χ2n) is 6.41. The molecule has 0 aromatic rings. The summed E-state index contributed by atoms with van der Waals surface area (Å²) in [4.78, 5) is 7.30. The van der Waals surface area contributed by atoms with E-state index in [1.54, 1.807) is 0 Å². The minimum Gasteiger partial charge on any atom is -0.357 e. The van der Waals surface area contributed by atoms with Crippen LogP contribution < -0.4 is 10.6 Å². The number of rotatable bonds is 5. The summed E-state index contributed by atoms with van der Waals surface area (Å²) in [5.74, 6) is 1.93. The molecule has 0 bridgehead atoms. The van der Waals surface area contributed by atoms with Crippen LogP contribution in [0.25, 0.3) is 0 Å². The van der Waals surface area contributed by atoms with E-state index in [0.29, 0.717) is 6.04 Å². The Morgan fingerprint density at radius 1 is 1.15 bits per heavy atom. The monoisotopic (exact) mass is 280 g/mol. The third-order valence-corrected chi connectivity index (χ3v) is 4.60. The first-order valence-electron chi connectivity index (χ1n) is 8.55. The molecule has 0 spiro atoms. The second-order valence-corrected chi connectivity index (χ2v) is 6.41. The quantitative estimate of drug-likeness (QED) is 0.599. The van der Waals surface area contributed by atoms with Gasteiger partial charge in [0.05, 0.1) is 6.54 Å². The predicted molar refractivity (Wildman–Crippen MR) is 86.2 cm³/mol. The van der Waals surface area contributed by atoms with Gasteiger partial charge in [-0.1, -0.05) is 19.8 Å². The lowest BCUT2D eigenvalue weighted by Gasteiger charge is -2.29. The van der Waals surface area contributed by atoms with Crippen molar-refractivity contribution in [2.24, 2.45) is 10.9 Å². The molecule has 1 aliphatic carbocycles. The van der Waals surface area contributed by atoms with Gasteiger partial charge in [0.15, 0.2) is 5.96 Å².